The SMILES string of the molecule is C=C(N1CC2=C(Nc3ccccc31)N(C)NC2)C12CCC(CC1)C2. The Bertz CT molecular complexity index is 727. The van der Waals surface area contributed by atoms with Crippen molar-refractivity contribution in [2.45, 2.75) is 32.1 Å². The fourth-order valence-corrected chi connectivity index (χ4v) is 5.26. The van der Waals surface area contributed by atoms with Gasteiger partial charge in [-0.3, -0.25) is 5.01 Å². The average Bonchev–Trinajstić information content (AvgIpc) is 3.27. The fraction of sp³-hybridized carbons (Fsp3) is 0.500. The van der Waals surface area contributed by atoms with Crippen LogP contribution in [0.15, 0.2) is 47.9 Å². The summed E-state index contributed by atoms with van der Waals surface area (Å²) in [4.78, 5) is 2.50. The second-order valence-electron chi connectivity index (χ2n) is 7.95. The van der Waals surface area contributed by atoms with Crippen molar-refractivity contribution in [3.63, 3.8) is 0 Å². The molecule has 0 unspecified atom stereocenters. The van der Waals surface area contributed by atoms with E-state index in [9.17, 15) is 0 Å². The molecule has 2 N–H and O–H groups in total. The maximum Gasteiger partial charge on any atom is 0.122 e. The van der Waals surface area contributed by atoms with Gasteiger partial charge in [0.2, 0.25) is 0 Å². The Morgan fingerprint density at radius 2 is 2.04 bits per heavy atom. The van der Waals surface area contributed by atoms with E-state index in [1.807, 2.05) is 0 Å². The van der Waals surface area contributed by atoms with Gasteiger partial charge in [0.1, 0.15) is 5.82 Å². The summed E-state index contributed by atoms with van der Waals surface area (Å²) < 4.78 is 0. The minimum Gasteiger partial charge on any atom is -0.339 e. The lowest BCUT2D eigenvalue weighted by Crippen LogP contribution is -2.35. The molecule has 0 amide bonds. The Hall–Kier alpha value is -1.94. The van der Waals surface area contributed by atoms with E-state index in [4.69, 9.17) is 0 Å². The zero-order valence-electron chi connectivity index (χ0n) is 14.4. The average molecular weight is 322 g/mol. The van der Waals surface area contributed by atoms with E-state index in [1.54, 1.807) is 0 Å². The molecule has 0 spiro atoms. The Balaban J connectivity index is 1.57. The summed E-state index contributed by atoms with van der Waals surface area (Å²) in [6.45, 7) is 6.49. The third-order valence-corrected chi connectivity index (χ3v) is 6.68. The van der Waals surface area contributed by atoms with Crippen LogP contribution in [-0.4, -0.2) is 25.1 Å². The van der Waals surface area contributed by atoms with Crippen molar-refractivity contribution in [1.82, 2.24) is 10.4 Å². The number of hydrazine groups is 1. The van der Waals surface area contributed by atoms with Crippen molar-refractivity contribution < 1.29 is 0 Å². The Kier molecular flexibility index (Phi) is 3.02. The van der Waals surface area contributed by atoms with E-state index >= 15 is 0 Å². The normalized spacial score (nSPS) is 31.0. The molecule has 0 atom stereocenters. The number of nitrogens with zero attached hydrogens (tertiary/aromatic N) is 2. The summed E-state index contributed by atoms with van der Waals surface area (Å²) in [5.74, 6) is 2.14. The van der Waals surface area contributed by atoms with Gasteiger partial charge < -0.3 is 10.2 Å². The van der Waals surface area contributed by atoms with Crippen LogP contribution in [-0.2, 0) is 0 Å². The van der Waals surface area contributed by atoms with E-state index in [0.29, 0.717) is 5.41 Å². The van der Waals surface area contributed by atoms with Crippen molar-refractivity contribution in [1.29, 1.82) is 0 Å². The lowest BCUT2D eigenvalue weighted by Gasteiger charge is -2.38. The van der Waals surface area contributed by atoms with Crippen molar-refractivity contribution in [2.24, 2.45) is 11.3 Å². The van der Waals surface area contributed by atoms with E-state index in [0.717, 1.165) is 19.0 Å². The van der Waals surface area contributed by atoms with Gasteiger partial charge in [-0.15, -0.1) is 0 Å². The number of anilines is 2. The molecule has 0 saturated heterocycles. The highest BCUT2D eigenvalue weighted by molar-refractivity contribution is 5.76. The third-order valence-electron chi connectivity index (χ3n) is 6.68. The van der Waals surface area contributed by atoms with Gasteiger partial charge in [-0.1, -0.05) is 18.7 Å². The predicted molar refractivity (Wildman–Crippen MR) is 98.4 cm³/mol. The van der Waals surface area contributed by atoms with Gasteiger partial charge in [-0.2, -0.15) is 0 Å². The van der Waals surface area contributed by atoms with Gasteiger partial charge in [0.25, 0.3) is 0 Å². The molecule has 1 aromatic carbocycles. The van der Waals surface area contributed by atoms with Crippen molar-refractivity contribution in [2.75, 3.05) is 30.4 Å². The quantitative estimate of drug-likeness (QED) is 0.870. The monoisotopic (exact) mass is 322 g/mol. The lowest BCUT2D eigenvalue weighted by molar-refractivity contribution is 0.348. The molecule has 2 bridgehead atoms. The first-order valence-electron chi connectivity index (χ1n) is 9.18. The second kappa shape index (κ2) is 5.03. The highest BCUT2D eigenvalue weighted by Gasteiger charge is 2.48. The molecule has 0 radical (unpaired) electrons. The molecule has 0 aromatic heterocycles. The number of hydrogen-bond acceptors (Lipinski definition) is 4. The van der Waals surface area contributed by atoms with E-state index in [-0.39, 0.29) is 0 Å². The largest absolute Gasteiger partial charge is 0.339 e. The minimum atomic E-state index is 0.348. The summed E-state index contributed by atoms with van der Waals surface area (Å²) in [5.41, 5.74) is 8.99. The van der Waals surface area contributed by atoms with Gasteiger partial charge in [-0.25, -0.2) is 5.43 Å². The highest BCUT2D eigenvalue weighted by Crippen LogP contribution is 2.59. The second-order valence-corrected chi connectivity index (χ2v) is 7.95. The molecule has 24 heavy (non-hydrogen) atoms. The minimum absolute atomic E-state index is 0.348. The molecule has 2 aliphatic carbocycles. The lowest BCUT2D eigenvalue weighted by atomic mass is 9.80. The summed E-state index contributed by atoms with van der Waals surface area (Å²) in [6, 6.07) is 8.67. The molecule has 2 heterocycles. The van der Waals surface area contributed by atoms with Crippen LogP contribution in [0.5, 0.6) is 0 Å². The molecular weight excluding hydrogens is 296 g/mol. The van der Waals surface area contributed by atoms with Crippen LogP contribution in [0.25, 0.3) is 0 Å². The molecule has 2 saturated carbocycles. The number of nitrogens with one attached hydrogen (secondary N) is 2. The third kappa shape index (κ3) is 1.95. The first kappa shape index (κ1) is 14.4. The zero-order valence-corrected chi connectivity index (χ0v) is 14.4. The van der Waals surface area contributed by atoms with Gasteiger partial charge in [0.15, 0.2) is 0 Å². The Morgan fingerprint density at radius 1 is 1.25 bits per heavy atom. The molecule has 5 rings (SSSR count). The maximum atomic E-state index is 4.65. The van der Waals surface area contributed by atoms with Crippen molar-refractivity contribution >= 4 is 11.4 Å². The summed E-state index contributed by atoms with van der Waals surface area (Å²) in [5, 5.41) is 5.76. The summed E-state index contributed by atoms with van der Waals surface area (Å²) in [6.07, 6.45) is 6.79. The first-order valence-corrected chi connectivity index (χ1v) is 9.18. The van der Waals surface area contributed by atoms with Gasteiger partial charge in [-0.05, 0) is 50.2 Å². The number of rotatable bonds is 2. The number of fused-ring (bicyclic) bond motifs is 3. The standard InChI is InChI=1S/C20H26N4/c1-14(20-9-7-15(11-20)8-10-20)24-13-16-12-21-23(2)19(16)22-17-5-3-4-6-18(17)24/h3-6,15,21-22H,1,7-13H2,2H3. The van der Waals surface area contributed by atoms with Crippen LogP contribution in [0, 0.1) is 11.3 Å². The van der Waals surface area contributed by atoms with Gasteiger partial charge in [0.05, 0.1) is 11.4 Å². The number of allylic oxidation sites excluding steroid dienone is 1. The van der Waals surface area contributed by atoms with Crippen LogP contribution in [0.4, 0.5) is 11.4 Å². The Labute approximate surface area is 144 Å². The predicted octanol–water partition coefficient (Wildman–Crippen LogP) is 3.67. The number of para-hydroxylation sites is 2. The molecule has 4 nitrogen and oxygen atoms in total. The molecule has 126 valence electrons. The summed E-state index contributed by atoms with van der Waals surface area (Å²) >= 11 is 0. The van der Waals surface area contributed by atoms with Crippen LogP contribution in [0.1, 0.15) is 32.1 Å². The smallest absolute Gasteiger partial charge is 0.122 e. The van der Waals surface area contributed by atoms with Crippen molar-refractivity contribution in [3.05, 3.63) is 47.9 Å². The molecule has 4 aliphatic rings. The topological polar surface area (TPSA) is 30.5 Å². The van der Waals surface area contributed by atoms with E-state index in [2.05, 4.69) is 58.5 Å². The Morgan fingerprint density at radius 3 is 2.79 bits per heavy atom. The molecule has 2 fully saturated rings. The van der Waals surface area contributed by atoms with Crippen LogP contribution < -0.4 is 15.6 Å². The molecule has 4 heteroatoms. The van der Waals surface area contributed by atoms with Crippen molar-refractivity contribution in [3.8, 4) is 0 Å². The van der Waals surface area contributed by atoms with E-state index < -0.39 is 0 Å². The maximum absolute atomic E-state index is 4.65. The van der Waals surface area contributed by atoms with Crippen LogP contribution >= 0.6 is 0 Å². The summed E-state index contributed by atoms with van der Waals surface area (Å²) in [7, 11) is 2.08. The van der Waals surface area contributed by atoms with Gasteiger partial charge >= 0.3 is 0 Å². The molecule has 2 aliphatic heterocycles. The highest BCUT2D eigenvalue weighted by atomic mass is 15.6. The van der Waals surface area contributed by atoms with Crippen LogP contribution in [0.2, 0.25) is 0 Å². The fourth-order valence-electron chi connectivity index (χ4n) is 5.26. The molecule has 1 aromatic rings. The molecular formula is C20H26N4. The van der Waals surface area contributed by atoms with Gasteiger partial charge in [0, 0.05) is 36.8 Å². The number of hydrogen-bond donors (Lipinski definition) is 2. The number of benzene rings is 1. The van der Waals surface area contributed by atoms with Crippen LogP contribution in [0.3, 0.4) is 0 Å². The van der Waals surface area contributed by atoms with E-state index in [1.165, 1.54) is 60.6 Å². The first-order chi connectivity index (χ1) is 11.7. The zero-order chi connectivity index (χ0) is 16.3.